The van der Waals surface area contributed by atoms with Crippen molar-refractivity contribution in [1.82, 2.24) is 0 Å². The van der Waals surface area contributed by atoms with E-state index in [1.807, 2.05) is 0 Å². The number of benzene rings is 3. The van der Waals surface area contributed by atoms with Crippen LogP contribution in [0.15, 0.2) is 72.8 Å². The SMILES string of the molecule is COc1ccc(N(CCc2ccc(C(F)(F)F)cc2)C(=O)C(N)c2ccccc2)cc1F. The van der Waals surface area contributed by atoms with E-state index in [4.69, 9.17) is 10.5 Å². The van der Waals surface area contributed by atoms with Crippen molar-refractivity contribution in [3.05, 3.63) is 95.3 Å². The van der Waals surface area contributed by atoms with Gasteiger partial charge < -0.3 is 15.4 Å². The molecule has 0 aliphatic carbocycles. The van der Waals surface area contributed by atoms with Crippen molar-refractivity contribution in [2.45, 2.75) is 18.6 Å². The maximum Gasteiger partial charge on any atom is 0.416 e. The average Bonchev–Trinajstić information content (AvgIpc) is 2.79. The molecule has 32 heavy (non-hydrogen) atoms. The van der Waals surface area contributed by atoms with Gasteiger partial charge in [0.15, 0.2) is 11.6 Å². The van der Waals surface area contributed by atoms with E-state index < -0.39 is 29.5 Å². The molecule has 3 aromatic rings. The highest BCUT2D eigenvalue weighted by Crippen LogP contribution is 2.30. The molecular weight excluding hydrogens is 424 g/mol. The molecule has 8 heteroatoms. The van der Waals surface area contributed by atoms with Crippen LogP contribution in [0.3, 0.4) is 0 Å². The van der Waals surface area contributed by atoms with Crippen LogP contribution in [0.2, 0.25) is 0 Å². The number of halogens is 4. The van der Waals surface area contributed by atoms with Crippen molar-refractivity contribution in [1.29, 1.82) is 0 Å². The Labute approximate surface area is 183 Å². The number of amides is 1. The molecule has 0 saturated heterocycles. The lowest BCUT2D eigenvalue weighted by Crippen LogP contribution is -2.40. The maximum absolute atomic E-state index is 14.3. The molecule has 168 valence electrons. The van der Waals surface area contributed by atoms with E-state index in [2.05, 4.69) is 0 Å². The van der Waals surface area contributed by atoms with Gasteiger partial charge in [-0.1, -0.05) is 42.5 Å². The van der Waals surface area contributed by atoms with Crippen LogP contribution < -0.4 is 15.4 Å². The Balaban J connectivity index is 1.86. The summed E-state index contributed by atoms with van der Waals surface area (Å²) in [6.45, 7) is 0.0938. The molecular formula is C24H22F4N2O2. The fraction of sp³-hybridized carbons (Fsp3) is 0.208. The molecule has 4 nitrogen and oxygen atoms in total. The first-order valence-corrected chi connectivity index (χ1v) is 9.82. The van der Waals surface area contributed by atoms with Gasteiger partial charge in [0.2, 0.25) is 5.91 Å². The summed E-state index contributed by atoms with van der Waals surface area (Å²) in [5.74, 6) is -1.09. The van der Waals surface area contributed by atoms with Gasteiger partial charge in [-0.3, -0.25) is 4.79 Å². The summed E-state index contributed by atoms with van der Waals surface area (Å²) >= 11 is 0. The minimum Gasteiger partial charge on any atom is -0.494 e. The summed E-state index contributed by atoms with van der Waals surface area (Å²) in [6.07, 6.45) is -4.18. The second-order valence-corrected chi connectivity index (χ2v) is 7.14. The monoisotopic (exact) mass is 446 g/mol. The van der Waals surface area contributed by atoms with Crippen LogP contribution in [0.1, 0.15) is 22.7 Å². The third-order valence-electron chi connectivity index (χ3n) is 5.04. The van der Waals surface area contributed by atoms with Crippen molar-refractivity contribution < 1.29 is 27.1 Å². The summed E-state index contributed by atoms with van der Waals surface area (Å²) in [5, 5.41) is 0. The van der Waals surface area contributed by atoms with Gasteiger partial charge in [-0.05, 0) is 41.8 Å². The third kappa shape index (κ3) is 5.45. The zero-order valence-corrected chi connectivity index (χ0v) is 17.3. The molecule has 0 heterocycles. The number of hydrogen-bond donors (Lipinski definition) is 1. The second kappa shape index (κ2) is 9.82. The summed E-state index contributed by atoms with van der Waals surface area (Å²) < 4.78 is 57.6. The fourth-order valence-corrected chi connectivity index (χ4v) is 3.26. The van der Waals surface area contributed by atoms with E-state index in [1.54, 1.807) is 30.3 Å². The summed E-state index contributed by atoms with van der Waals surface area (Å²) in [7, 11) is 1.33. The highest BCUT2D eigenvalue weighted by molar-refractivity contribution is 5.97. The van der Waals surface area contributed by atoms with Gasteiger partial charge >= 0.3 is 6.18 Å². The number of hydrogen-bond acceptors (Lipinski definition) is 3. The van der Waals surface area contributed by atoms with Crippen LogP contribution in [-0.2, 0) is 17.4 Å². The molecule has 0 spiro atoms. The molecule has 0 aliphatic heterocycles. The van der Waals surface area contributed by atoms with Gasteiger partial charge in [-0.25, -0.2) is 4.39 Å². The predicted octanol–water partition coefficient (Wildman–Crippen LogP) is 5.13. The lowest BCUT2D eigenvalue weighted by molar-refractivity contribution is -0.137. The van der Waals surface area contributed by atoms with E-state index in [9.17, 15) is 22.4 Å². The molecule has 2 N–H and O–H groups in total. The summed E-state index contributed by atoms with van der Waals surface area (Å²) in [4.78, 5) is 14.5. The predicted molar refractivity (Wildman–Crippen MR) is 114 cm³/mol. The Hall–Kier alpha value is -3.39. The van der Waals surface area contributed by atoms with Crippen molar-refractivity contribution in [2.24, 2.45) is 5.73 Å². The Kier molecular flexibility index (Phi) is 7.15. The van der Waals surface area contributed by atoms with Gasteiger partial charge in [0.1, 0.15) is 6.04 Å². The number of carbonyl (C=O) groups excluding carboxylic acids is 1. The standard InChI is InChI=1S/C24H22F4N2O2/c1-32-21-12-11-19(15-20(21)25)30(23(31)22(29)17-5-3-2-4-6-17)14-13-16-7-9-18(10-8-16)24(26,27)28/h2-12,15,22H,13-14,29H2,1H3. The normalized spacial score (nSPS) is 12.3. The van der Waals surface area contributed by atoms with Crippen LogP contribution in [-0.4, -0.2) is 19.6 Å². The zero-order chi connectivity index (χ0) is 23.3. The first kappa shape index (κ1) is 23.3. The lowest BCUT2D eigenvalue weighted by Gasteiger charge is -2.26. The fourth-order valence-electron chi connectivity index (χ4n) is 3.26. The second-order valence-electron chi connectivity index (χ2n) is 7.14. The molecule has 1 amide bonds. The van der Waals surface area contributed by atoms with Crippen molar-refractivity contribution >= 4 is 11.6 Å². The molecule has 0 radical (unpaired) electrons. The number of nitrogens with zero attached hydrogens (tertiary/aromatic N) is 1. The molecule has 0 bridgehead atoms. The third-order valence-corrected chi connectivity index (χ3v) is 5.04. The minimum atomic E-state index is -4.43. The number of ether oxygens (including phenoxy) is 1. The highest BCUT2D eigenvalue weighted by Gasteiger charge is 2.30. The van der Waals surface area contributed by atoms with E-state index in [0.717, 1.165) is 12.1 Å². The van der Waals surface area contributed by atoms with Gasteiger partial charge in [0.05, 0.1) is 12.7 Å². The van der Waals surface area contributed by atoms with Gasteiger partial charge in [0.25, 0.3) is 0 Å². The Morgan fingerprint density at radius 3 is 2.25 bits per heavy atom. The molecule has 0 aromatic heterocycles. The van der Waals surface area contributed by atoms with Gasteiger partial charge in [-0.15, -0.1) is 0 Å². The average molecular weight is 446 g/mol. The molecule has 0 aliphatic rings. The van der Waals surface area contributed by atoms with Crippen LogP contribution in [0.4, 0.5) is 23.2 Å². The number of methoxy groups -OCH3 is 1. The number of alkyl halides is 3. The highest BCUT2D eigenvalue weighted by atomic mass is 19.4. The Morgan fingerprint density at radius 1 is 1.03 bits per heavy atom. The maximum atomic E-state index is 14.3. The zero-order valence-electron chi connectivity index (χ0n) is 17.3. The quantitative estimate of drug-likeness (QED) is 0.512. The lowest BCUT2D eigenvalue weighted by atomic mass is 10.0. The summed E-state index contributed by atoms with van der Waals surface area (Å²) in [6, 6.07) is 16.5. The topological polar surface area (TPSA) is 55.6 Å². The van der Waals surface area contributed by atoms with Crippen LogP contribution in [0, 0.1) is 5.82 Å². The number of anilines is 1. The van der Waals surface area contributed by atoms with Gasteiger partial charge in [0, 0.05) is 18.3 Å². The number of nitrogens with two attached hydrogens (primary N) is 1. The molecule has 3 rings (SSSR count). The van der Waals surface area contributed by atoms with E-state index in [1.165, 1.54) is 42.3 Å². The van der Waals surface area contributed by atoms with E-state index >= 15 is 0 Å². The molecule has 0 saturated carbocycles. The van der Waals surface area contributed by atoms with Crippen LogP contribution in [0.5, 0.6) is 5.75 Å². The smallest absolute Gasteiger partial charge is 0.416 e. The van der Waals surface area contributed by atoms with Crippen molar-refractivity contribution in [3.8, 4) is 5.75 Å². The first-order valence-electron chi connectivity index (χ1n) is 9.82. The molecule has 3 aromatic carbocycles. The van der Waals surface area contributed by atoms with Crippen molar-refractivity contribution in [3.63, 3.8) is 0 Å². The molecule has 1 atom stereocenters. The van der Waals surface area contributed by atoms with E-state index in [0.29, 0.717) is 11.1 Å². The summed E-state index contributed by atoms with van der Waals surface area (Å²) in [5.41, 5.74) is 6.87. The Morgan fingerprint density at radius 2 is 1.69 bits per heavy atom. The number of carbonyl (C=O) groups is 1. The van der Waals surface area contributed by atoms with E-state index in [-0.39, 0.29) is 24.4 Å². The Bertz CT molecular complexity index is 1050. The van der Waals surface area contributed by atoms with Crippen LogP contribution >= 0.6 is 0 Å². The van der Waals surface area contributed by atoms with Crippen molar-refractivity contribution in [2.75, 3.05) is 18.6 Å². The first-order chi connectivity index (χ1) is 15.2. The molecule has 0 fully saturated rings. The largest absolute Gasteiger partial charge is 0.494 e. The van der Waals surface area contributed by atoms with Crippen LogP contribution in [0.25, 0.3) is 0 Å². The minimum absolute atomic E-state index is 0.0243. The molecule has 1 unspecified atom stereocenters. The number of rotatable bonds is 7. The van der Waals surface area contributed by atoms with Gasteiger partial charge in [-0.2, -0.15) is 13.2 Å².